The predicted molar refractivity (Wildman–Crippen MR) is 303 cm³/mol. The quantitative estimate of drug-likeness (QED) is 0.0756. The summed E-state index contributed by atoms with van der Waals surface area (Å²) in [6.45, 7) is 10.3. The number of ether oxygens (including phenoxy) is 4. The molecular formula is C60H59Br2Cl3O8. The molecule has 8 rings (SSSR count). The molecule has 0 aliphatic carbocycles. The normalized spacial score (nSPS) is 12.2. The van der Waals surface area contributed by atoms with Crippen LogP contribution >= 0.6 is 66.7 Å². The molecule has 73 heavy (non-hydrogen) atoms. The number of aliphatic hydroxyl groups is 4. The molecule has 0 aliphatic heterocycles. The van der Waals surface area contributed by atoms with Crippen LogP contribution in [-0.4, -0.2) is 46.9 Å². The molecule has 0 aliphatic rings. The second-order valence-corrected chi connectivity index (χ2v) is 18.9. The Kier molecular flexibility index (Phi) is 24.6. The molecule has 0 saturated carbocycles. The van der Waals surface area contributed by atoms with Gasteiger partial charge in [0.1, 0.15) is 47.4 Å². The highest BCUT2D eigenvalue weighted by molar-refractivity contribution is 9.10. The van der Waals surface area contributed by atoms with E-state index in [2.05, 4.69) is 31.9 Å². The van der Waals surface area contributed by atoms with Crippen molar-refractivity contribution in [2.75, 3.05) is 26.4 Å². The van der Waals surface area contributed by atoms with Gasteiger partial charge >= 0.3 is 0 Å². The van der Waals surface area contributed by atoms with Gasteiger partial charge in [0.2, 0.25) is 0 Å². The van der Waals surface area contributed by atoms with E-state index in [1.54, 1.807) is 60.7 Å². The smallest absolute Gasteiger partial charge is 0.125 e. The van der Waals surface area contributed by atoms with Crippen molar-refractivity contribution >= 4 is 66.7 Å². The summed E-state index contributed by atoms with van der Waals surface area (Å²) in [4.78, 5) is 0. The highest BCUT2D eigenvalue weighted by Crippen LogP contribution is 2.36. The van der Waals surface area contributed by atoms with E-state index >= 15 is 0 Å². The number of aliphatic hydroxyl groups excluding tert-OH is 4. The van der Waals surface area contributed by atoms with Crippen molar-refractivity contribution in [1.82, 2.24) is 0 Å². The van der Waals surface area contributed by atoms with Gasteiger partial charge in [-0.3, -0.25) is 0 Å². The number of hydrogen-bond donors (Lipinski definition) is 4. The van der Waals surface area contributed by atoms with Gasteiger partial charge in [-0.2, -0.15) is 0 Å². The summed E-state index contributed by atoms with van der Waals surface area (Å²) < 4.78 is 23.3. The van der Waals surface area contributed by atoms with E-state index in [1.165, 1.54) is 0 Å². The first-order valence-electron chi connectivity index (χ1n) is 23.6. The predicted octanol–water partition coefficient (Wildman–Crippen LogP) is 16.2. The van der Waals surface area contributed by atoms with Crippen LogP contribution in [0.15, 0.2) is 197 Å². The molecule has 8 aromatic carbocycles. The van der Waals surface area contributed by atoms with Crippen molar-refractivity contribution in [2.45, 2.75) is 52.1 Å². The van der Waals surface area contributed by atoms with E-state index in [0.717, 1.165) is 55.2 Å². The van der Waals surface area contributed by atoms with Gasteiger partial charge in [-0.05, 0) is 141 Å². The van der Waals surface area contributed by atoms with Gasteiger partial charge in [0.25, 0.3) is 0 Å². The molecule has 0 aromatic heterocycles. The number of hydrogen-bond acceptors (Lipinski definition) is 8. The lowest BCUT2D eigenvalue weighted by molar-refractivity contribution is 0.212. The third-order valence-electron chi connectivity index (χ3n) is 10.8. The van der Waals surface area contributed by atoms with E-state index in [9.17, 15) is 20.4 Å². The summed E-state index contributed by atoms with van der Waals surface area (Å²) in [7, 11) is 0. The molecule has 8 nitrogen and oxygen atoms in total. The number of para-hydroxylation sites is 2. The average molecular weight is 1170 g/mol. The Hall–Kier alpha value is -5.37. The molecule has 8 aromatic rings. The summed E-state index contributed by atoms with van der Waals surface area (Å²) in [6, 6.07) is 57.3. The Morgan fingerprint density at radius 3 is 1.29 bits per heavy atom. The van der Waals surface area contributed by atoms with Crippen LogP contribution in [0.1, 0.15) is 96.6 Å². The average Bonchev–Trinajstić information content (AvgIpc) is 3.41. The molecule has 382 valence electrons. The monoisotopic (exact) mass is 1170 g/mol. The molecule has 4 unspecified atom stereocenters. The largest absolute Gasteiger partial charge is 0.494 e. The number of halogens is 5. The lowest BCUT2D eigenvalue weighted by Crippen LogP contribution is -2.05. The highest BCUT2D eigenvalue weighted by atomic mass is 79.9. The molecule has 0 radical (unpaired) electrons. The second-order valence-electron chi connectivity index (χ2n) is 15.9. The molecule has 4 N–H and O–H groups in total. The first-order chi connectivity index (χ1) is 35.3. The summed E-state index contributed by atoms with van der Waals surface area (Å²) in [6.07, 6.45) is -3.28. The molecule has 0 heterocycles. The minimum Gasteiger partial charge on any atom is -0.494 e. The zero-order valence-electron chi connectivity index (χ0n) is 40.8. The molecule has 4 atom stereocenters. The Morgan fingerprint density at radius 1 is 0.342 bits per heavy atom. The molecule has 0 amide bonds. The molecule has 0 saturated heterocycles. The van der Waals surface area contributed by atoms with Crippen LogP contribution in [0.2, 0.25) is 15.1 Å². The Morgan fingerprint density at radius 2 is 0.740 bits per heavy atom. The lowest BCUT2D eigenvalue weighted by Gasteiger charge is -2.18. The van der Waals surface area contributed by atoms with E-state index in [0.29, 0.717) is 62.7 Å². The number of benzene rings is 8. The first kappa shape index (κ1) is 58.5. The van der Waals surface area contributed by atoms with Crippen LogP contribution in [0.5, 0.6) is 23.0 Å². The van der Waals surface area contributed by atoms with Crippen LogP contribution in [0, 0.1) is 0 Å². The first-order valence-corrected chi connectivity index (χ1v) is 26.3. The Bertz CT molecular complexity index is 2890. The zero-order chi connectivity index (χ0) is 52.7. The van der Waals surface area contributed by atoms with Gasteiger partial charge in [0.05, 0.1) is 26.4 Å². The lowest BCUT2D eigenvalue weighted by atomic mass is 9.95. The van der Waals surface area contributed by atoms with Crippen LogP contribution in [0.4, 0.5) is 0 Å². The molecule has 13 heteroatoms. The van der Waals surface area contributed by atoms with Crippen LogP contribution < -0.4 is 18.9 Å². The fraction of sp³-hybridized carbons (Fsp3) is 0.200. The van der Waals surface area contributed by atoms with Crippen molar-refractivity contribution in [2.24, 2.45) is 0 Å². The maximum Gasteiger partial charge on any atom is 0.125 e. The van der Waals surface area contributed by atoms with E-state index in [4.69, 9.17) is 53.8 Å². The Balaban J connectivity index is 0.000000192. The summed E-state index contributed by atoms with van der Waals surface area (Å²) in [5, 5.41) is 43.8. The van der Waals surface area contributed by atoms with Gasteiger partial charge in [-0.15, -0.1) is 0 Å². The van der Waals surface area contributed by atoms with Gasteiger partial charge in [-0.1, -0.05) is 164 Å². The second kappa shape index (κ2) is 30.7. The van der Waals surface area contributed by atoms with Crippen LogP contribution in [-0.2, 0) is 0 Å². The van der Waals surface area contributed by atoms with Gasteiger partial charge in [0, 0.05) is 46.3 Å². The van der Waals surface area contributed by atoms with Gasteiger partial charge in [0.15, 0.2) is 0 Å². The van der Waals surface area contributed by atoms with Crippen molar-refractivity contribution in [3.8, 4) is 23.0 Å². The standard InChI is InChI=1S/C22H19BrCl2O3.C15H15BrO2.C15H15ClO2.C8H10O/c1-2-28-16-7-3-13(4-8-16)21(26)17-11-14(5-9-19(17)24)22(27)18-12-15(23)6-10-20(18)25;1-2-18-14-9-4-3-8-13(14)15(17)11-6-5-7-12(16)10-11;1-2-18-12-9-7-11(8-10-12)15(17)13-5-3-4-6-14(13)16;1-2-9-8-6-4-3-5-7-8/h3-12,21-22,26-27H,2H2,1H3;2*3-10,15,17H,2H2,1H3;3-7H,2H2,1H3. The van der Waals surface area contributed by atoms with Gasteiger partial charge in [-0.25, -0.2) is 0 Å². The maximum atomic E-state index is 10.8. The fourth-order valence-electron chi connectivity index (χ4n) is 7.26. The minimum atomic E-state index is -0.950. The van der Waals surface area contributed by atoms with Crippen LogP contribution in [0.3, 0.4) is 0 Å². The summed E-state index contributed by atoms with van der Waals surface area (Å²) in [5.41, 5.74) is 5.49. The van der Waals surface area contributed by atoms with Crippen molar-refractivity contribution in [3.63, 3.8) is 0 Å². The van der Waals surface area contributed by atoms with Crippen LogP contribution in [0.25, 0.3) is 0 Å². The topological polar surface area (TPSA) is 118 Å². The maximum absolute atomic E-state index is 10.8. The third kappa shape index (κ3) is 17.9. The molecule has 0 fully saturated rings. The highest BCUT2D eigenvalue weighted by Gasteiger charge is 2.21. The van der Waals surface area contributed by atoms with E-state index in [-0.39, 0.29) is 0 Å². The molecule has 0 spiro atoms. The van der Waals surface area contributed by atoms with E-state index < -0.39 is 24.4 Å². The Labute approximate surface area is 461 Å². The third-order valence-corrected chi connectivity index (χ3v) is 12.8. The van der Waals surface area contributed by atoms with Crippen molar-refractivity contribution < 1.29 is 39.4 Å². The fourth-order valence-corrected chi connectivity index (χ4v) is 8.74. The molecule has 0 bridgehead atoms. The van der Waals surface area contributed by atoms with E-state index in [1.807, 2.05) is 155 Å². The SMILES string of the molecule is CCOc1ccc(C(O)c2cc(C(O)c3cc(Br)ccc3Cl)ccc2Cl)cc1.CCOc1ccc(C(O)c2ccccc2Cl)cc1.CCOc1ccccc1.CCOc1ccccc1C(O)c1cccc(Br)c1. The van der Waals surface area contributed by atoms with Gasteiger partial charge < -0.3 is 39.4 Å². The van der Waals surface area contributed by atoms with Crippen molar-refractivity contribution in [1.29, 1.82) is 0 Å². The van der Waals surface area contributed by atoms with Crippen molar-refractivity contribution in [3.05, 3.63) is 257 Å². The molecular weight excluding hydrogens is 1110 g/mol. The minimum absolute atomic E-state index is 0.415. The number of rotatable bonds is 16. The summed E-state index contributed by atoms with van der Waals surface area (Å²) in [5.74, 6) is 3.21. The zero-order valence-corrected chi connectivity index (χ0v) is 46.3. The summed E-state index contributed by atoms with van der Waals surface area (Å²) >= 11 is 25.4.